The van der Waals surface area contributed by atoms with Crippen LogP contribution >= 0.6 is 0 Å². The molecule has 0 aromatic heterocycles. The normalized spacial score (nSPS) is 13.2. The fraction of sp³-hybridized carbons (Fsp3) is 0.467. The molecule has 1 atom stereocenters. The van der Waals surface area contributed by atoms with Crippen molar-refractivity contribution < 1.29 is 13.5 Å². The van der Waals surface area contributed by atoms with Crippen LogP contribution in [0.25, 0.3) is 0 Å². The van der Waals surface area contributed by atoms with Gasteiger partial charge in [-0.05, 0) is 45.4 Å². The van der Waals surface area contributed by atoms with Crippen LogP contribution in [0, 0.1) is 11.6 Å². The van der Waals surface area contributed by atoms with Crippen LogP contribution in [0.4, 0.5) is 8.78 Å². The van der Waals surface area contributed by atoms with E-state index in [1.165, 1.54) is 18.2 Å². The molecule has 2 nitrogen and oxygen atoms in total. The quantitative estimate of drug-likeness (QED) is 0.821. The Bertz CT molecular complexity index is 429. The third-order valence-corrected chi connectivity index (χ3v) is 2.52. The molecule has 19 heavy (non-hydrogen) atoms. The molecule has 1 rings (SSSR count). The Morgan fingerprint density at radius 1 is 1.32 bits per heavy atom. The summed E-state index contributed by atoms with van der Waals surface area (Å²) in [5, 5.41) is 3.17. The number of nitrogens with one attached hydrogen (secondary N) is 1. The van der Waals surface area contributed by atoms with Crippen molar-refractivity contribution in [3.63, 3.8) is 0 Å². The van der Waals surface area contributed by atoms with E-state index in [1.807, 2.05) is 20.8 Å². The number of ether oxygens (including phenoxy) is 1. The van der Waals surface area contributed by atoms with Crippen LogP contribution in [-0.2, 0) is 6.54 Å². The van der Waals surface area contributed by atoms with Crippen molar-refractivity contribution in [1.29, 1.82) is 0 Å². The molecule has 0 amide bonds. The largest absolute Gasteiger partial charge is 0.481 e. The second kappa shape index (κ2) is 6.15. The molecule has 4 heteroatoms. The predicted octanol–water partition coefficient (Wildman–Crippen LogP) is 3.81. The maximum absolute atomic E-state index is 13.8. The van der Waals surface area contributed by atoms with Crippen LogP contribution in [0.1, 0.15) is 33.3 Å². The molecule has 0 aliphatic carbocycles. The fourth-order valence-electron chi connectivity index (χ4n) is 1.43. The highest BCUT2D eigenvalue weighted by Crippen LogP contribution is 2.24. The molecule has 1 unspecified atom stereocenters. The van der Waals surface area contributed by atoms with Gasteiger partial charge in [0.2, 0.25) is 0 Å². The van der Waals surface area contributed by atoms with Crippen molar-refractivity contribution in [3.8, 4) is 5.75 Å². The van der Waals surface area contributed by atoms with Gasteiger partial charge in [0.1, 0.15) is 6.10 Å². The Balaban J connectivity index is 2.87. The zero-order valence-corrected chi connectivity index (χ0v) is 11.9. The average molecular weight is 269 g/mol. The van der Waals surface area contributed by atoms with E-state index in [0.29, 0.717) is 12.1 Å². The van der Waals surface area contributed by atoms with Gasteiger partial charge in [-0.2, -0.15) is 0 Å². The molecule has 0 radical (unpaired) electrons. The molecule has 1 aromatic carbocycles. The lowest BCUT2D eigenvalue weighted by Gasteiger charge is -2.21. The fourth-order valence-corrected chi connectivity index (χ4v) is 1.43. The minimum absolute atomic E-state index is 0.112. The summed E-state index contributed by atoms with van der Waals surface area (Å²) >= 11 is 0. The molecular formula is C15H21F2NO. The lowest BCUT2D eigenvalue weighted by Crippen LogP contribution is -2.35. The Labute approximate surface area is 113 Å². The Morgan fingerprint density at radius 2 is 1.84 bits per heavy atom. The molecule has 0 heterocycles. The maximum atomic E-state index is 13.8. The Hall–Kier alpha value is -1.42. The molecule has 0 saturated carbocycles. The number of benzene rings is 1. The average Bonchev–Trinajstić information content (AvgIpc) is 2.30. The van der Waals surface area contributed by atoms with Crippen molar-refractivity contribution in [2.24, 2.45) is 0 Å². The number of hydrogen-bond donors (Lipinski definition) is 1. The van der Waals surface area contributed by atoms with Gasteiger partial charge in [0.05, 0.1) is 0 Å². The molecular weight excluding hydrogens is 248 g/mol. The SMILES string of the molecule is C=CC(C)Oc1c(F)cc(CNC(C)(C)C)cc1F. The standard InChI is InChI=1S/C15H21F2NO/c1-6-10(2)19-14-12(16)7-11(8-13(14)17)9-18-15(3,4)5/h6-8,10,18H,1,9H2,2-5H3. The van der Waals surface area contributed by atoms with Crippen LogP contribution in [-0.4, -0.2) is 11.6 Å². The van der Waals surface area contributed by atoms with Crippen molar-refractivity contribution in [2.45, 2.75) is 45.9 Å². The minimum atomic E-state index is -0.695. The summed E-state index contributed by atoms with van der Waals surface area (Å²) in [5.41, 5.74) is 0.433. The second-order valence-corrected chi connectivity index (χ2v) is 5.55. The van der Waals surface area contributed by atoms with Gasteiger partial charge in [0.25, 0.3) is 0 Å². The first-order chi connectivity index (χ1) is 8.73. The molecule has 0 saturated heterocycles. The number of halogens is 2. The first-order valence-electron chi connectivity index (χ1n) is 6.25. The molecule has 0 aliphatic rings. The van der Waals surface area contributed by atoms with E-state index in [2.05, 4.69) is 11.9 Å². The highest BCUT2D eigenvalue weighted by Gasteiger charge is 2.15. The summed E-state index contributed by atoms with van der Waals surface area (Å²) in [6.07, 6.45) is 1.04. The van der Waals surface area contributed by atoms with E-state index in [1.54, 1.807) is 6.92 Å². The summed E-state index contributed by atoms with van der Waals surface area (Å²) in [6.45, 7) is 11.5. The first-order valence-corrected chi connectivity index (χ1v) is 6.25. The van der Waals surface area contributed by atoms with E-state index < -0.39 is 17.7 Å². The maximum Gasteiger partial charge on any atom is 0.191 e. The molecule has 0 bridgehead atoms. The van der Waals surface area contributed by atoms with Gasteiger partial charge < -0.3 is 10.1 Å². The van der Waals surface area contributed by atoms with E-state index in [9.17, 15) is 8.78 Å². The van der Waals surface area contributed by atoms with Crippen LogP contribution in [0.5, 0.6) is 5.75 Å². The van der Waals surface area contributed by atoms with Gasteiger partial charge in [0.15, 0.2) is 17.4 Å². The van der Waals surface area contributed by atoms with Crippen LogP contribution in [0.3, 0.4) is 0 Å². The highest BCUT2D eigenvalue weighted by atomic mass is 19.1. The monoisotopic (exact) mass is 269 g/mol. The summed E-state index contributed by atoms with van der Waals surface area (Å²) in [6, 6.07) is 2.57. The summed E-state index contributed by atoms with van der Waals surface area (Å²) < 4.78 is 32.7. The van der Waals surface area contributed by atoms with Gasteiger partial charge in [-0.15, -0.1) is 0 Å². The number of rotatable bonds is 5. The van der Waals surface area contributed by atoms with Gasteiger partial charge in [-0.1, -0.05) is 12.7 Å². The van der Waals surface area contributed by atoms with E-state index >= 15 is 0 Å². The first kappa shape index (κ1) is 15.6. The van der Waals surface area contributed by atoms with Gasteiger partial charge in [0, 0.05) is 12.1 Å². The van der Waals surface area contributed by atoms with Crippen LogP contribution in [0.2, 0.25) is 0 Å². The molecule has 0 fully saturated rings. The van der Waals surface area contributed by atoms with Crippen molar-refractivity contribution in [1.82, 2.24) is 5.32 Å². The molecule has 0 aliphatic heterocycles. The third-order valence-electron chi connectivity index (χ3n) is 2.52. The highest BCUT2D eigenvalue weighted by molar-refractivity contribution is 5.31. The smallest absolute Gasteiger partial charge is 0.191 e. The van der Waals surface area contributed by atoms with Gasteiger partial charge >= 0.3 is 0 Å². The lowest BCUT2D eigenvalue weighted by molar-refractivity contribution is 0.243. The second-order valence-electron chi connectivity index (χ2n) is 5.55. The molecule has 0 spiro atoms. The Kier molecular flexibility index (Phi) is 5.06. The van der Waals surface area contributed by atoms with E-state index in [0.717, 1.165) is 0 Å². The third kappa shape index (κ3) is 4.99. The van der Waals surface area contributed by atoms with Crippen molar-refractivity contribution in [2.75, 3.05) is 0 Å². The van der Waals surface area contributed by atoms with Crippen molar-refractivity contribution in [3.05, 3.63) is 42.0 Å². The summed E-state index contributed by atoms with van der Waals surface area (Å²) in [7, 11) is 0. The predicted molar refractivity (Wildman–Crippen MR) is 73.2 cm³/mol. The summed E-state index contributed by atoms with van der Waals surface area (Å²) in [4.78, 5) is 0. The van der Waals surface area contributed by atoms with Crippen LogP contribution < -0.4 is 10.1 Å². The van der Waals surface area contributed by atoms with Gasteiger partial charge in [-0.25, -0.2) is 8.78 Å². The minimum Gasteiger partial charge on any atom is -0.481 e. The van der Waals surface area contributed by atoms with E-state index in [4.69, 9.17) is 4.74 Å². The molecule has 1 aromatic rings. The zero-order chi connectivity index (χ0) is 14.6. The summed E-state index contributed by atoms with van der Waals surface area (Å²) in [5.74, 6) is -1.74. The van der Waals surface area contributed by atoms with Crippen LogP contribution in [0.15, 0.2) is 24.8 Å². The van der Waals surface area contributed by atoms with E-state index in [-0.39, 0.29) is 11.3 Å². The Morgan fingerprint density at radius 3 is 2.26 bits per heavy atom. The van der Waals surface area contributed by atoms with Gasteiger partial charge in [-0.3, -0.25) is 0 Å². The lowest BCUT2D eigenvalue weighted by atomic mass is 10.1. The molecule has 1 N–H and O–H groups in total. The van der Waals surface area contributed by atoms with Crippen molar-refractivity contribution >= 4 is 0 Å². The molecule has 106 valence electrons. The number of hydrogen-bond acceptors (Lipinski definition) is 2. The zero-order valence-electron chi connectivity index (χ0n) is 11.9. The topological polar surface area (TPSA) is 21.3 Å².